The minimum absolute atomic E-state index is 0.0654. The van der Waals surface area contributed by atoms with Gasteiger partial charge in [-0.2, -0.15) is 0 Å². The monoisotopic (exact) mass is 267 g/mol. The van der Waals surface area contributed by atoms with Gasteiger partial charge in [-0.05, 0) is 30.7 Å². The molecule has 2 rings (SSSR count). The van der Waals surface area contributed by atoms with Crippen LogP contribution >= 0.6 is 11.8 Å². The summed E-state index contributed by atoms with van der Waals surface area (Å²) in [4.78, 5) is 14.9. The van der Waals surface area contributed by atoms with Gasteiger partial charge >= 0.3 is 5.97 Å². The Morgan fingerprint density at radius 2 is 2.33 bits per heavy atom. The average Bonchev–Trinajstić information content (AvgIpc) is 2.74. The number of benzene rings is 1. The quantitative estimate of drug-likeness (QED) is 0.862. The summed E-state index contributed by atoms with van der Waals surface area (Å²) < 4.78 is 18.6. The molecule has 0 unspecified atom stereocenters. The summed E-state index contributed by atoms with van der Waals surface area (Å²) in [5.74, 6) is -1.24. The Morgan fingerprint density at radius 1 is 1.56 bits per heavy atom. The molecular weight excluding hydrogens is 257 g/mol. The molecule has 1 N–H and O–H groups in total. The summed E-state index contributed by atoms with van der Waals surface area (Å²) >= 11 is 1.22. The van der Waals surface area contributed by atoms with E-state index in [1.54, 1.807) is 6.92 Å². The van der Waals surface area contributed by atoms with Crippen LogP contribution in [-0.2, 0) is 5.75 Å². The van der Waals surface area contributed by atoms with Gasteiger partial charge in [0.2, 0.25) is 0 Å². The van der Waals surface area contributed by atoms with Crippen molar-refractivity contribution in [2.75, 3.05) is 0 Å². The van der Waals surface area contributed by atoms with Crippen molar-refractivity contribution in [2.45, 2.75) is 17.9 Å². The number of oxazole rings is 1. The molecule has 94 valence electrons. The zero-order valence-electron chi connectivity index (χ0n) is 9.51. The van der Waals surface area contributed by atoms with Crippen molar-refractivity contribution < 1.29 is 18.7 Å². The molecule has 4 nitrogen and oxygen atoms in total. The first kappa shape index (κ1) is 12.6. The number of nitrogens with zero attached hydrogens (tertiary/aromatic N) is 1. The molecular formula is C12H10FNO3S. The molecule has 0 aliphatic heterocycles. The third-order valence-electron chi connectivity index (χ3n) is 2.24. The van der Waals surface area contributed by atoms with Gasteiger partial charge in [0, 0.05) is 5.75 Å². The lowest BCUT2D eigenvalue weighted by atomic mass is 10.1. The Morgan fingerprint density at radius 3 is 2.94 bits per heavy atom. The van der Waals surface area contributed by atoms with E-state index in [2.05, 4.69) is 4.98 Å². The zero-order chi connectivity index (χ0) is 13.1. The van der Waals surface area contributed by atoms with Gasteiger partial charge in [0.25, 0.3) is 5.22 Å². The molecule has 0 saturated heterocycles. The third-order valence-corrected chi connectivity index (χ3v) is 3.13. The lowest BCUT2D eigenvalue weighted by molar-refractivity contribution is 0.0696. The number of hydrogen-bond donors (Lipinski definition) is 1. The van der Waals surface area contributed by atoms with Gasteiger partial charge < -0.3 is 9.52 Å². The minimum atomic E-state index is -1.08. The maximum atomic E-state index is 13.5. The predicted octanol–water partition coefficient (Wildman–Crippen LogP) is 3.11. The van der Waals surface area contributed by atoms with Crippen LogP contribution in [0.5, 0.6) is 0 Å². The molecule has 1 aromatic heterocycles. The van der Waals surface area contributed by atoms with Gasteiger partial charge in [0.1, 0.15) is 12.1 Å². The number of carboxylic acids is 1. The number of hydrogen-bond acceptors (Lipinski definition) is 4. The first-order valence-corrected chi connectivity index (χ1v) is 6.11. The van der Waals surface area contributed by atoms with E-state index in [0.717, 1.165) is 11.8 Å². The standard InChI is InChI=1S/C12H10FNO3S/c1-7-5-17-12(14-7)18-6-9-4-8(11(15)16)2-3-10(9)13/h2-5H,6H2,1H3,(H,15,16). The summed E-state index contributed by atoms with van der Waals surface area (Å²) in [5.41, 5.74) is 1.13. The van der Waals surface area contributed by atoms with Crippen molar-refractivity contribution in [2.24, 2.45) is 0 Å². The molecule has 0 radical (unpaired) electrons. The lowest BCUT2D eigenvalue weighted by Crippen LogP contribution is -1.99. The largest absolute Gasteiger partial charge is 0.478 e. The summed E-state index contributed by atoms with van der Waals surface area (Å²) in [7, 11) is 0. The minimum Gasteiger partial charge on any atom is -0.478 e. The van der Waals surface area contributed by atoms with E-state index in [1.165, 1.54) is 30.2 Å². The Kier molecular flexibility index (Phi) is 3.66. The highest BCUT2D eigenvalue weighted by molar-refractivity contribution is 7.98. The van der Waals surface area contributed by atoms with Crippen molar-refractivity contribution in [3.8, 4) is 0 Å². The van der Waals surface area contributed by atoms with Gasteiger partial charge in [-0.15, -0.1) is 0 Å². The highest BCUT2D eigenvalue weighted by Gasteiger charge is 2.10. The van der Waals surface area contributed by atoms with Crippen molar-refractivity contribution in [3.63, 3.8) is 0 Å². The van der Waals surface area contributed by atoms with Crippen molar-refractivity contribution in [3.05, 3.63) is 47.1 Å². The molecule has 1 heterocycles. The molecule has 18 heavy (non-hydrogen) atoms. The van der Waals surface area contributed by atoms with E-state index >= 15 is 0 Å². The van der Waals surface area contributed by atoms with Gasteiger partial charge in [-0.25, -0.2) is 14.2 Å². The molecule has 0 aliphatic rings. The number of aromatic nitrogens is 1. The second kappa shape index (κ2) is 5.22. The van der Waals surface area contributed by atoms with Crippen LogP contribution < -0.4 is 0 Å². The van der Waals surface area contributed by atoms with E-state index in [4.69, 9.17) is 9.52 Å². The maximum absolute atomic E-state index is 13.5. The highest BCUT2D eigenvalue weighted by Crippen LogP contribution is 2.24. The number of halogens is 1. The van der Waals surface area contributed by atoms with Crippen LogP contribution in [0.1, 0.15) is 21.6 Å². The first-order valence-electron chi connectivity index (χ1n) is 5.13. The molecule has 0 fully saturated rings. The number of aryl methyl sites for hydroxylation is 1. The molecule has 6 heteroatoms. The van der Waals surface area contributed by atoms with E-state index in [0.29, 0.717) is 10.8 Å². The SMILES string of the molecule is Cc1coc(SCc2cc(C(=O)O)ccc2F)n1. The van der Waals surface area contributed by atoms with Crippen molar-refractivity contribution >= 4 is 17.7 Å². The molecule has 0 aliphatic carbocycles. The van der Waals surface area contributed by atoms with Gasteiger partial charge in [-0.3, -0.25) is 0 Å². The molecule has 0 spiro atoms. The van der Waals surface area contributed by atoms with Gasteiger partial charge in [-0.1, -0.05) is 11.8 Å². The van der Waals surface area contributed by atoms with Crippen LogP contribution in [0.2, 0.25) is 0 Å². The molecule has 0 atom stereocenters. The molecule has 2 aromatic rings. The van der Waals surface area contributed by atoms with E-state index < -0.39 is 11.8 Å². The molecule has 0 saturated carbocycles. The van der Waals surface area contributed by atoms with Crippen LogP contribution in [0.15, 0.2) is 34.1 Å². The molecule has 0 amide bonds. The Balaban J connectivity index is 2.13. The Bertz CT molecular complexity index is 582. The third kappa shape index (κ3) is 2.89. The zero-order valence-corrected chi connectivity index (χ0v) is 10.3. The van der Waals surface area contributed by atoms with Crippen molar-refractivity contribution in [1.82, 2.24) is 4.98 Å². The maximum Gasteiger partial charge on any atom is 0.335 e. The summed E-state index contributed by atoms with van der Waals surface area (Å²) in [6.07, 6.45) is 1.51. The number of carboxylic acid groups (broad SMARTS) is 1. The average molecular weight is 267 g/mol. The normalized spacial score (nSPS) is 10.6. The lowest BCUT2D eigenvalue weighted by Gasteiger charge is -2.02. The number of thioether (sulfide) groups is 1. The fourth-order valence-corrected chi connectivity index (χ4v) is 2.18. The van der Waals surface area contributed by atoms with Crippen LogP contribution in [0.25, 0.3) is 0 Å². The fraction of sp³-hybridized carbons (Fsp3) is 0.167. The van der Waals surface area contributed by atoms with Crippen LogP contribution in [0.4, 0.5) is 4.39 Å². The fourth-order valence-electron chi connectivity index (χ4n) is 1.36. The number of rotatable bonds is 4. The van der Waals surface area contributed by atoms with Gasteiger partial charge in [0.05, 0.1) is 11.3 Å². The Labute approximate surface area is 107 Å². The van der Waals surface area contributed by atoms with Crippen molar-refractivity contribution in [1.29, 1.82) is 0 Å². The number of carbonyl (C=O) groups is 1. The van der Waals surface area contributed by atoms with Crippen LogP contribution in [0.3, 0.4) is 0 Å². The predicted molar refractivity (Wildman–Crippen MR) is 64.2 cm³/mol. The summed E-state index contributed by atoms with van der Waals surface area (Å²) in [6.45, 7) is 1.79. The second-order valence-electron chi connectivity index (χ2n) is 3.65. The smallest absolute Gasteiger partial charge is 0.335 e. The highest BCUT2D eigenvalue weighted by atomic mass is 32.2. The Hall–Kier alpha value is -1.82. The summed E-state index contributed by atoms with van der Waals surface area (Å²) in [5, 5.41) is 9.27. The molecule has 0 bridgehead atoms. The first-order chi connectivity index (χ1) is 8.56. The van der Waals surface area contributed by atoms with Crippen LogP contribution in [0, 0.1) is 12.7 Å². The second-order valence-corrected chi connectivity index (χ2v) is 4.58. The number of aromatic carboxylic acids is 1. The van der Waals surface area contributed by atoms with E-state index in [1.807, 2.05) is 0 Å². The van der Waals surface area contributed by atoms with Crippen LogP contribution in [-0.4, -0.2) is 16.1 Å². The van der Waals surface area contributed by atoms with Gasteiger partial charge in [0.15, 0.2) is 0 Å². The topological polar surface area (TPSA) is 63.3 Å². The molecule has 1 aromatic carbocycles. The summed E-state index contributed by atoms with van der Waals surface area (Å²) in [6, 6.07) is 3.71. The van der Waals surface area contributed by atoms with E-state index in [-0.39, 0.29) is 11.3 Å². The van der Waals surface area contributed by atoms with E-state index in [9.17, 15) is 9.18 Å².